The fourth-order valence-corrected chi connectivity index (χ4v) is 3.37. The van der Waals surface area contributed by atoms with Crippen LogP contribution in [0.2, 0.25) is 0 Å². The quantitative estimate of drug-likeness (QED) is 0.718. The SMILES string of the molecule is CCCN(C(=O)CCCNC(=O)c1ccsc1)C1CCNC1. The van der Waals surface area contributed by atoms with Gasteiger partial charge in [0.25, 0.3) is 5.91 Å². The second-order valence-electron chi connectivity index (χ2n) is 5.61. The van der Waals surface area contributed by atoms with Crippen molar-refractivity contribution in [2.24, 2.45) is 0 Å². The number of thiophene rings is 1. The molecule has 2 rings (SSSR count). The van der Waals surface area contributed by atoms with Crippen LogP contribution in [0.25, 0.3) is 0 Å². The third kappa shape index (κ3) is 4.81. The van der Waals surface area contributed by atoms with Gasteiger partial charge in [-0.25, -0.2) is 0 Å². The molecule has 1 fully saturated rings. The molecule has 1 atom stereocenters. The Morgan fingerprint density at radius 3 is 3.00 bits per heavy atom. The molecule has 1 aromatic heterocycles. The standard InChI is InChI=1S/C16H25N3O2S/c1-2-9-19(14-5-8-17-11-14)15(20)4-3-7-18-16(21)13-6-10-22-12-13/h6,10,12,14,17H,2-5,7-9,11H2,1H3,(H,18,21). The first-order valence-corrected chi connectivity index (χ1v) is 8.97. The molecule has 0 bridgehead atoms. The third-order valence-corrected chi connectivity index (χ3v) is 4.58. The largest absolute Gasteiger partial charge is 0.352 e. The highest BCUT2D eigenvalue weighted by Crippen LogP contribution is 2.12. The molecule has 2 heterocycles. The molecule has 0 aromatic carbocycles. The summed E-state index contributed by atoms with van der Waals surface area (Å²) in [5.41, 5.74) is 0.695. The van der Waals surface area contributed by atoms with Crippen LogP contribution in [0.4, 0.5) is 0 Å². The maximum absolute atomic E-state index is 12.4. The van der Waals surface area contributed by atoms with Crippen LogP contribution in [0, 0.1) is 0 Å². The lowest BCUT2D eigenvalue weighted by Gasteiger charge is -2.28. The van der Waals surface area contributed by atoms with Gasteiger partial charge in [0.05, 0.1) is 0 Å². The van der Waals surface area contributed by atoms with E-state index >= 15 is 0 Å². The van der Waals surface area contributed by atoms with Gasteiger partial charge >= 0.3 is 0 Å². The highest BCUT2D eigenvalue weighted by molar-refractivity contribution is 7.08. The number of nitrogens with zero attached hydrogens (tertiary/aromatic N) is 1. The number of nitrogens with one attached hydrogen (secondary N) is 2. The second-order valence-corrected chi connectivity index (χ2v) is 6.39. The summed E-state index contributed by atoms with van der Waals surface area (Å²) in [4.78, 5) is 26.2. The van der Waals surface area contributed by atoms with E-state index in [1.54, 1.807) is 6.07 Å². The van der Waals surface area contributed by atoms with E-state index in [1.807, 2.05) is 15.7 Å². The predicted octanol–water partition coefficient (Wildman–Crippen LogP) is 1.86. The number of rotatable bonds is 8. The summed E-state index contributed by atoms with van der Waals surface area (Å²) < 4.78 is 0. The third-order valence-electron chi connectivity index (χ3n) is 3.90. The molecule has 0 saturated carbocycles. The summed E-state index contributed by atoms with van der Waals surface area (Å²) in [6, 6.07) is 2.15. The minimum absolute atomic E-state index is 0.0564. The summed E-state index contributed by atoms with van der Waals surface area (Å²) in [5.74, 6) is 0.152. The Balaban J connectivity index is 1.70. The minimum atomic E-state index is -0.0564. The van der Waals surface area contributed by atoms with Gasteiger partial charge in [-0.3, -0.25) is 9.59 Å². The van der Waals surface area contributed by atoms with Crippen LogP contribution in [-0.2, 0) is 4.79 Å². The average molecular weight is 323 g/mol. The first-order valence-electron chi connectivity index (χ1n) is 8.03. The van der Waals surface area contributed by atoms with Gasteiger partial charge in [0.2, 0.25) is 5.91 Å². The Labute approximate surface area is 136 Å². The van der Waals surface area contributed by atoms with Gasteiger partial charge in [-0.2, -0.15) is 11.3 Å². The van der Waals surface area contributed by atoms with Crippen LogP contribution in [0.3, 0.4) is 0 Å². The zero-order chi connectivity index (χ0) is 15.8. The molecule has 22 heavy (non-hydrogen) atoms. The van der Waals surface area contributed by atoms with Gasteiger partial charge < -0.3 is 15.5 Å². The van der Waals surface area contributed by atoms with E-state index in [4.69, 9.17) is 0 Å². The van der Waals surface area contributed by atoms with Crippen molar-refractivity contribution in [1.82, 2.24) is 15.5 Å². The summed E-state index contributed by atoms with van der Waals surface area (Å²) >= 11 is 1.51. The van der Waals surface area contributed by atoms with Gasteiger partial charge in [-0.1, -0.05) is 6.92 Å². The Bertz CT molecular complexity index is 470. The average Bonchev–Trinajstić information content (AvgIpc) is 3.21. The predicted molar refractivity (Wildman–Crippen MR) is 89.2 cm³/mol. The van der Waals surface area contributed by atoms with Crippen molar-refractivity contribution in [3.8, 4) is 0 Å². The van der Waals surface area contributed by atoms with E-state index in [-0.39, 0.29) is 11.8 Å². The molecule has 2 N–H and O–H groups in total. The van der Waals surface area contributed by atoms with Crippen LogP contribution in [0.1, 0.15) is 43.0 Å². The van der Waals surface area contributed by atoms with Crippen LogP contribution in [-0.4, -0.2) is 48.9 Å². The number of amides is 2. The van der Waals surface area contributed by atoms with Gasteiger partial charge in [0.15, 0.2) is 0 Å². The molecule has 1 saturated heterocycles. The molecule has 1 aliphatic rings. The van der Waals surface area contributed by atoms with E-state index in [1.165, 1.54) is 11.3 Å². The molecule has 1 unspecified atom stereocenters. The molecule has 0 aliphatic carbocycles. The number of carbonyl (C=O) groups is 2. The topological polar surface area (TPSA) is 61.4 Å². The summed E-state index contributed by atoms with van der Waals surface area (Å²) in [6.45, 7) is 5.37. The Kier molecular flexibility index (Phi) is 6.86. The van der Waals surface area contributed by atoms with Crippen molar-refractivity contribution in [2.45, 2.75) is 38.6 Å². The molecule has 6 heteroatoms. The summed E-state index contributed by atoms with van der Waals surface area (Å²) in [7, 11) is 0. The lowest BCUT2D eigenvalue weighted by atomic mass is 10.1. The first-order chi connectivity index (χ1) is 10.7. The lowest BCUT2D eigenvalue weighted by molar-refractivity contribution is -0.133. The van der Waals surface area contributed by atoms with E-state index in [9.17, 15) is 9.59 Å². The van der Waals surface area contributed by atoms with E-state index in [0.717, 1.165) is 32.5 Å². The van der Waals surface area contributed by atoms with E-state index in [0.29, 0.717) is 31.0 Å². The van der Waals surface area contributed by atoms with E-state index < -0.39 is 0 Å². The molecule has 1 aliphatic heterocycles. The summed E-state index contributed by atoms with van der Waals surface area (Å²) in [6.07, 6.45) is 3.22. The molecule has 122 valence electrons. The zero-order valence-electron chi connectivity index (χ0n) is 13.1. The van der Waals surface area contributed by atoms with Gasteiger partial charge in [-0.15, -0.1) is 0 Å². The second kappa shape index (κ2) is 8.90. The molecular weight excluding hydrogens is 298 g/mol. The van der Waals surface area contributed by atoms with Crippen LogP contribution in [0.15, 0.2) is 16.8 Å². The number of hydrogen-bond donors (Lipinski definition) is 2. The Hall–Kier alpha value is -1.40. The van der Waals surface area contributed by atoms with Gasteiger partial charge in [0.1, 0.15) is 0 Å². The van der Waals surface area contributed by atoms with Crippen LogP contribution < -0.4 is 10.6 Å². The monoisotopic (exact) mass is 323 g/mol. The smallest absolute Gasteiger partial charge is 0.252 e. The van der Waals surface area contributed by atoms with Crippen molar-refractivity contribution in [3.05, 3.63) is 22.4 Å². The zero-order valence-corrected chi connectivity index (χ0v) is 14.0. The van der Waals surface area contributed by atoms with Crippen molar-refractivity contribution < 1.29 is 9.59 Å². The van der Waals surface area contributed by atoms with Crippen molar-refractivity contribution in [1.29, 1.82) is 0 Å². The first kappa shape index (κ1) is 17.0. The van der Waals surface area contributed by atoms with Gasteiger partial charge in [-0.05, 0) is 37.3 Å². The maximum Gasteiger partial charge on any atom is 0.252 e. The van der Waals surface area contributed by atoms with Crippen molar-refractivity contribution in [2.75, 3.05) is 26.2 Å². The fourth-order valence-electron chi connectivity index (χ4n) is 2.74. The number of carbonyl (C=O) groups excluding carboxylic acids is 2. The normalized spacial score (nSPS) is 17.4. The molecule has 0 spiro atoms. The molecular formula is C16H25N3O2S. The summed E-state index contributed by atoms with van der Waals surface area (Å²) in [5, 5.41) is 9.90. The number of hydrogen-bond acceptors (Lipinski definition) is 4. The Morgan fingerprint density at radius 1 is 1.50 bits per heavy atom. The van der Waals surface area contributed by atoms with Crippen molar-refractivity contribution >= 4 is 23.2 Å². The lowest BCUT2D eigenvalue weighted by Crippen LogP contribution is -2.42. The van der Waals surface area contributed by atoms with Gasteiger partial charge in [0, 0.05) is 43.0 Å². The maximum atomic E-state index is 12.4. The van der Waals surface area contributed by atoms with Crippen molar-refractivity contribution in [3.63, 3.8) is 0 Å². The minimum Gasteiger partial charge on any atom is -0.352 e. The Morgan fingerprint density at radius 2 is 2.36 bits per heavy atom. The molecule has 0 radical (unpaired) electrons. The fraction of sp³-hybridized carbons (Fsp3) is 0.625. The van der Waals surface area contributed by atoms with Crippen LogP contribution >= 0.6 is 11.3 Å². The highest BCUT2D eigenvalue weighted by atomic mass is 32.1. The molecule has 5 nitrogen and oxygen atoms in total. The van der Waals surface area contributed by atoms with Crippen LogP contribution in [0.5, 0.6) is 0 Å². The van der Waals surface area contributed by atoms with E-state index in [2.05, 4.69) is 17.6 Å². The molecule has 2 amide bonds. The molecule has 1 aromatic rings. The highest BCUT2D eigenvalue weighted by Gasteiger charge is 2.25.